The maximum absolute atomic E-state index is 12.6. The van der Waals surface area contributed by atoms with Crippen LogP contribution in [0.15, 0.2) is 48.5 Å². The number of esters is 1. The summed E-state index contributed by atoms with van der Waals surface area (Å²) in [4.78, 5) is 25.0. The van der Waals surface area contributed by atoms with E-state index in [9.17, 15) is 9.59 Å². The summed E-state index contributed by atoms with van der Waals surface area (Å²) in [5, 5.41) is 4.56. The summed E-state index contributed by atoms with van der Waals surface area (Å²) >= 11 is 6.39. The number of carbonyl (C=O) groups is 2. The maximum Gasteiger partial charge on any atom is 0.343 e. The molecule has 0 atom stereocenters. The first-order valence-corrected chi connectivity index (χ1v) is 9.99. The van der Waals surface area contributed by atoms with Gasteiger partial charge >= 0.3 is 5.97 Å². The molecule has 4 rings (SSSR count). The van der Waals surface area contributed by atoms with E-state index in [-0.39, 0.29) is 23.1 Å². The standard InChI is InChI=1S/C23H21ClN2O3/c1-15-21(22(24)26(25-15)13-16-6-3-2-4-7-16)23(28)29-14-20(27)19-11-10-17-8-5-9-18(17)12-19/h2-4,6-7,10-12H,5,8-9,13-14H2,1H3. The van der Waals surface area contributed by atoms with Crippen LogP contribution in [-0.4, -0.2) is 28.1 Å². The average Bonchev–Trinajstić information content (AvgIpc) is 3.30. The summed E-state index contributed by atoms with van der Waals surface area (Å²) in [6.45, 7) is 1.82. The first-order valence-electron chi connectivity index (χ1n) is 9.62. The molecule has 29 heavy (non-hydrogen) atoms. The molecule has 2 aromatic carbocycles. The quantitative estimate of drug-likeness (QED) is 0.447. The van der Waals surface area contributed by atoms with Gasteiger partial charge in [0.05, 0.1) is 12.2 Å². The van der Waals surface area contributed by atoms with E-state index in [1.54, 1.807) is 17.7 Å². The number of rotatable bonds is 6. The van der Waals surface area contributed by atoms with E-state index in [4.69, 9.17) is 16.3 Å². The third-order valence-corrected chi connectivity index (χ3v) is 5.58. The van der Waals surface area contributed by atoms with Crippen molar-refractivity contribution in [2.24, 2.45) is 0 Å². The predicted molar refractivity (Wildman–Crippen MR) is 111 cm³/mol. The highest BCUT2D eigenvalue weighted by Crippen LogP contribution is 2.24. The molecule has 1 aromatic heterocycles. The van der Waals surface area contributed by atoms with E-state index in [2.05, 4.69) is 5.10 Å². The molecule has 1 aliphatic carbocycles. The number of Topliss-reactive ketones (excluding diaryl/α,β-unsaturated/α-hetero) is 1. The van der Waals surface area contributed by atoms with Crippen LogP contribution in [0.4, 0.5) is 0 Å². The number of aryl methyl sites for hydroxylation is 3. The third-order valence-electron chi connectivity index (χ3n) is 5.20. The van der Waals surface area contributed by atoms with Gasteiger partial charge in [0.15, 0.2) is 12.4 Å². The second-order valence-corrected chi connectivity index (χ2v) is 7.59. The Kier molecular flexibility index (Phi) is 5.49. The Hall–Kier alpha value is -2.92. The molecule has 0 bridgehead atoms. The molecule has 0 saturated heterocycles. The number of ketones is 1. The fraction of sp³-hybridized carbons (Fsp3) is 0.261. The Morgan fingerprint density at radius 1 is 1.10 bits per heavy atom. The Bertz CT molecular complexity index is 1070. The second-order valence-electron chi connectivity index (χ2n) is 7.23. The van der Waals surface area contributed by atoms with Gasteiger partial charge in [-0.15, -0.1) is 0 Å². The predicted octanol–water partition coefficient (Wildman–Crippen LogP) is 4.42. The summed E-state index contributed by atoms with van der Waals surface area (Å²) in [6, 6.07) is 15.4. The summed E-state index contributed by atoms with van der Waals surface area (Å²) in [6.07, 6.45) is 3.17. The molecule has 0 fully saturated rings. The number of nitrogens with zero attached hydrogens (tertiary/aromatic N) is 2. The number of carbonyl (C=O) groups excluding carboxylic acids is 2. The van der Waals surface area contributed by atoms with Crippen LogP contribution in [0.3, 0.4) is 0 Å². The zero-order valence-corrected chi connectivity index (χ0v) is 16.9. The summed E-state index contributed by atoms with van der Waals surface area (Å²) in [5.74, 6) is -0.861. The monoisotopic (exact) mass is 408 g/mol. The van der Waals surface area contributed by atoms with E-state index in [0.29, 0.717) is 17.8 Å². The summed E-state index contributed by atoms with van der Waals surface area (Å²) in [5.41, 5.74) is 4.77. The van der Waals surface area contributed by atoms with Gasteiger partial charge in [0.1, 0.15) is 10.7 Å². The van der Waals surface area contributed by atoms with Crippen molar-refractivity contribution in [3.8, 4) is 0 Å². The largest absolute Gasteiger partial charge is 0.454 e. The van der Waals surface area contributed by atoms with Crippen molar-refractivity contribution in [2.45, 2.75) is 32.7 Å². The number of ether oxygens (including phenoxy) is 1. The van der Waals surface area contributed by atoms with Gasteiger partial charge in [-0.25, -0.2) is 9.48 Å². The van der Waals surface area contributed by atoms with Crippen molar-refractivity contribution < 1.29 is 14.3 Å². The highest BCUT2D eigenvalue weighted by Gasteiger charge is 2.23. The van der Waals surface area contributed by atoms with Crippen LogP contribution in [0.25, 0.3) is 0 Å². The normalized spacial score (nSPS) is 12.6. The highest BCUT2D eigenvalue weighted by molar-refractivity contribution is 6.32. The van der Waals surface area contributed by atoms with Crippen molar-refractivity contribution in [2.75, 3.05) is 6.61 Å². The fourth-order valence-electron chi connectivity index (χ4n) is 3.68. The van der Waals surface area contributed by atoms with E-state index in [0.717, 1.165) is 24.8 Å². The van der Waals surface area contributed by atoms with Crippen LogP contribution >= 0.6 is 11.6 Å². The molecule has 3 aromatic rings. The molecule has 0 unspecified atom stereocenters. The number of halogens is 1. The number of hydrogen-bond acceptors (Lipinski definition) is 4. The fourth-order valence-corrected chi connectivity index (χ4v) is 3.99. The number of aromatic nitrogens is 2. The molecule has 0 spiro atoms. The Labute approximate surface area is 174 Å². The van der Waals surface area contributed by atoms with E-state index < -0.39 is 5.97 Å². The van der Waals surface area contributed by atoms with Crippen LogP contribution in [0, 0.1) is 6.92 Å². The smallest absolute Gasteiger partial charge is 0.343 e. The molecular formula is C23H21ClN2O3. The lowest BCUT2D eigenvalue weighted by molar-refractivity contribution is 0.0474. The van der Waals surface area contributed by atoms with Crippen LogP contribution in [0.1, 0.15) is 49.5 Å². The Morgan fingerprint density at radius 2 is 1.86 bits per heavy atom. The zero-order chi connectivity index (χ0) is 20.4. The lowest BCUT2D eigenvalue weighted by Gasteiger charge is -2.07. The van der Waals surface area contributed by atoms with E-state index in [1.807, 2.05) is 42.5 Å². The second kappa shape index (κ2) is 8.21. The first kappa shape index (κ1) is 19.4. The lowest BCUT2D eigenvalue weighted by atomic mass is 10.0. The minimum Gasteiger partial charge on any atom is -0.454 e. The van der Waals surface area contributed by atoms with E-state index in [1.165, 1.54) is 11.1 Å². The van der Waals surface area contributed by atoms with Gasteiger partial charge in [-0.05, 0) is 48.9 Å². The molecule has 6 heteroatoms. The van der Waals surface area contributed by atoms with E-state index >= 15 is 0 Å². The van der Waals surface area contributed by atoms with Gasteiger partial charge in [0, 0.05) is 5.56 Å². The first-order chi connectivity index (χ1) is 14.0. The molecule has 1 heterocycles. The van der Waals surface area contributed by atoms with Crippen molar-refractivity contribution in [1.29, 1.82) is 0 Å². The van der Waals surface area contributed by atoms with Gasteiger partial charge in [-0.3, -0.25) is 4.79 Å². The van der Waals surface area contributed by atoms with Gasteiger partial charge < -0.3 is 4.74 Å². The molecule has 5 nitrogen and oxygen atoms in total. The number of benzene rings is 2. The SMILES string of the molecule is Cc1nn(Cc2ccccc2)c(Cl)c1C(=O)OCC(=O)c1ccc2c(c1)CCC2. The van der Waals surface area contributed by atoms with Crippen molar-refractivity contribution in [3.05, 3.63) is 87.2 Å². The Morgan fingerprint density at radius 3 is 2.66 bits per heavy atom. The third kappa shape index (κ3) is 4.10. The van der Waals surface area contributed by atoms with Gasteiger partial charge in [-0.2, -0.15) is 5.10 Å². The summed E-state index contributed by atoms with van der Waals surface area (Å²) < 4.78 is 6.82. The van der Waals surface area contributed by atoms with Gasteiger partial charge in [-0.1, -0.05) is 54.1 Å². The average molecular weight is 409 g/mol. The van der Waals surface area contributed by atoms with Gasteiger partial charge in [0.2, 0.25) is 0 Å². The van der Waals surface area contributed by atoms with Crippen molar-refractivity contribution >= 4 is 23.4 Å². The topological polar surface area (TPSA) is 61.2 Å². The maximum atomic E-state index is 12.6. The van der Waals surface area contributed by atoms with Crippen LogP contribution in [-0.2, 0) is 24.1 Å². The molecule has 0 N–H and O–H groups in total. The molecule has 0 radical (unpaired) electrons. The molecule has 148 valence electrons. The van der Waals surface area contributed by atoms with Crippen molar-refractivity contribution in [1.82, 2.24) is 9.78 Å². The molecule has 1 aliphatic rings. The lowest BCUT2D eigenvalue weighted by Crippen LogP contribution is -2.15. The molecule has 0 amide bonds. The van der Waals surface area contributed by atoms with Crippen molar-refractivity contribution in [3.63, 3.8) is 0 Å². The number of fused-ring (bicyclic) bond motifs is 1. The van der Waals surface area contributed by atoms with Crippen LogP contribution in [0.2, 0.25) is 5.15 Å². The molecular weight excluding hydrogens is 388 g/mol. The van der Waals surface area contributed by atoms with Crippen LogP contribution < -0.4 is 0 Å². The highest BCUT2D eigenvalue weighted by atomic mass is 35.5. The zero-order valence-electron chi connectivity index (χ0n) is 16.2. The summed E-state index contributed by atoms with van der Waals surface area (Å²) in [7, 11) is 0. The molecule has 0 saturated carbocycles. The Balaban J connectivity index is 1.44. The molecule has 0 aliphatic heterocycles. The minimum absolute atomic E-state index is 0.198. The minimum atomic E-state index is -0.638. The number of hydrogen-bond donors (Lipinski definition) is 0. The van der Waals surface area contributed by atoms with Crippen LogP contribution in [0.5, 0.6) is 0 Å². The van der Waals surface area contributed by atoms with Gasteiger partial charge in [0.25, 0.3) is 0 Å².